The highest BCUT2D eigenvalue weighted by Gasteiger charge is 2.65. The Morgan fingerprint density at radius 1 is 0.459 bits per heavy atom. The van der Waals surface area contributed by atoms with Gasteiger partial charge in [-0.25, -0.2) is 0 Å². The molecule has 0 spiro atoms. The molecule has 0 N–H and O–H groups in total. The molecule has 0 radical (unpaired) electrons. The first-order valence-corrected chi connectivity index (χ1v) is 17.1. The molecule has 6 fully saturated rings. The monoisotopic (exact) mass is 509 g/mol. The summed E-state index contributed by atoms with van der Waals surface area (Å²) >= 11 is 0. The number of fused-ring (bicyclic) bond motifs is 5. The Hall–Kier alpha value is 0. The van der Waals surface area contributed by atoms with Crippen LogP contribution in [0.15, 0.2) is 0 Å². The summed E-state index contributed by atoms with van der Waals surface area (Å²) in [4.78, 5) is 0. The lowest BCUT2D eigenvalue weighted by Gasteiger charge is -2.59. The van der Waals surface area contributed by atoms with E-state index in [1.807, 2.05) is 0 Å². The van der Waals surface area contributed by atoms with Crippen LogP contribution in [0.3, 0.4) is 0 Å². The molecule has 8 unspecified atom stereocenters. The van der Waals surface area contributed by atoms with Gasteiger partial charge >= 0.3 is 0 Å². The molecule has 0 heterocycles. The Labute approximate surface area is 232 Å². The zero-order chi connectivity index (χ0) is 26.8. The fourth-order valence-corrected chi connectivity index (χ4v) is 13.2. The Kier molecular flexibility index (Phi) is 6.25. The van der Waals surface area contributed by atoms with Crippen molar-refractivity contribution in [1.82, 2.24) is 0 Å². The van der Waals surface area contributed by atoms with Gasteiger partial charge in [-0.3, -0.25) is 0 Å². The average molecular weight is 509 g/mol. The van der Waals surface area contributed by atoms with E-state index in [0.29, 0.717) is 27.1 Å². The fourth-order valence-electron chi connectivity index (χ4n) is 13.2. The van der Waals surface area contributed by atoms with Crippen LogP contribution in [0.1, 0.15) is 146 Å². The largest absolute Gasteiger partial charge is 0.0596 e. The van der Waals surface area contributed by atoms with Gasteiger partial charge < -0.3 is 0 Å². The normalized spacial score (nSPS) is 48.0. The van der Waals surface area contributed by atoms with Crippen molar-refractivity contribution in [1.29, 1.82) is 0 Å². The molecule has 8 atom stereocenters. The molecule has 0 nitrogen and oxygen atoms in total. The summed E-state index contributed by atoms with van der Waals surface area (Å²) in [7, 11) is 0. The predicted octanol–water partition coefficient (Wildman–Crippen LogP) is 11.0. The number of rotatable bonds is 2. The molecule has 6 saturated carbocycles. The van der Waals surface area contributed by atoms with Crippen molar-refractivity contribution in [2.45, 2.75) is 146 Å². The van der Waals surface area contributed by atoms with E-state index in [1.165, 1.54) is 51.4 Å². The standard InChI is InChI=1S/C37H64/c1-33(2)15-17-35(5,6)30-21-26-24(19-28(30)33)25-20-29-31(36(7,8)18-16-34(29,3)4)22-27(25)32(26)37(9,10)23-13-11-12-14-23/h23-32H,11-22H2,1-10H3. The van der Waals surface area contributed by atoms with E-state index in [2.05, 4.69) is 69.2 Å². The summed E-state index contributed by atoms with van der Waals surface area (Å²) in [5.74, 6) is 9.84. The van der Waals surface area contributed by atoms with Gasteiger partial charge in [0, 0.05) is 0 Å². The van der Waals surface area contributed by atoms with Crippen LogP contribution in [-0.4, -0.2) is 0 Å². The first-order chi connectivity index (χ1) is 17.1. The number of hydrogen-bond donors (Lipinski definition) is 0. The van der Waals surface area contributed by atoms with Crippen LogP contribution in [0, 0.1) is 86.3 Å². The molecule has 0 aromatic rings. The zero-order valence-electron chi connectivity index (χ0n) is 26.8. The Balaban J connectivity index is 1.42. The molecule has 0 amide bonds. The first kappa shape index (κ1) is 27.2. The Morgan fingerprint density at radius 3 is 1.08 bits per heavy atom. The summed E-state index contributed by atoms with van der Waals surface area (Å²) < 4.78 is 0. The van der Waals surface area contributed by atoms with Gasteiger partial charge in [0.15, 0.2) is 0 Å². The Morgan fingerprint density at radius 2 is 0.757 bits per heavy atom. The third kappa shape index (κ3) is 4.08. The molecular weight excluding hydrogens is 444 g/mol. The van der Waals surface area contributed by atoms with Crippen LogP contribution in [0.4, 0.5) is 0 Å². The van der Waals surface area contributed by atoms with E-state index in [-0.39, 0.29) is 0 Å². The maximum Gasteiger partial charge on any atom is -0.0292 e. The second-order valence-electron chi connectivity index (χ2n) is 19.3. The van der Waals surface area contributed by atoms with E-state index >= 15 is 0 Å². The second-order valence-corrected chi connectivity index (χ2v) is 19.3. The molecule has 0 heteroatoms. The average Bonchev–Trinajstić information content (AvgIpc) is 3.46. The predicted molar refractivity (Wildman–Crippen MR) is 159 cm³/mol. The van der Waals surface area contributed by atoms with Crippen molar-refractivity contribution in [2.24, 2.45) is 86.3 Å². The van der Waals surface area contributed by atoms with Gasteiger partial charge in [-0.05, 0) is 150 Å². The van der Waals surface area contributed by atoms with Crippen LogP contribution >= 0.6 is 0 Å². The molecule has 6 rings (SSSR count). The third-order valence-corrected chi connectivity index (χ3v) is 15.8. The minimum Gasteiger partial charge on any atom is -0.0596 e. The quantitative estimate of drug-likeness (QED) is 0.348. The van der Waals surface area contributed by atoms with Gasteiger partial charge in [-0.2, -0.15) is 0 Å². The van der Waals surface area contributed by atoms with E-state index in [1.54, 1.807) is 25.7 Å². The zero-order valence-corrected chi connectivity index (χ0v) is 26.8. The highest BCUT2D eigenvalue weighted by molar-refractivity contribution is 5.14. The van der Waals surface area contributed by atoms with Crippen LogP contribution < -0.4 is 0 Å². The molecule has 0 saturated heterocycles. The molecule has 0 aliphatic heterocycles. The van der Waals surface area contributed by atoms with Crippen LogP contribution in [0.25, 0.3) is 0 Å². The first-order valence-electron chi connectivity index (χ1n) is 17.1. The van der Waals surface area contributed by atoms with E-state index in [0.717, 1.165) is 59.2 Å². The van der Waals surface area contributed by atoms with Gasteiger partial charge in [0.2, 0.25) is 0 Å². The molecule has 37 heavy (non-hydrogen) atoms. The van der Waals surface area contributed by atoms with Crippen LogP contribution in [0.5, 0.6) is 0 Å². The molecular formula is C37H64. The molecule has 6 aliphatic carbocycles. The second kappa shape index (κ2) is 8.51. The van der Waals surface area contributed by atoms with Crippen molar-refractivity contribution in [3.8, 4) is 0 Å². The number of hydrogen-bond acceptors (Lipinski definition) is 0. The smallest absolute Gasteiger partial charge is 0.0292 e. The minimum absolute atomic E-state index is 0.529. The Bertz CT molecular complexity index is 804. The van der Waals surface area contributed by atoms with E-state index in [4.69, 9.17) is 0 Å². The molecule has 6 aliphatic rings. The van der Waals surface area contributed by atoms with Crippen molar-refractivity contribution < 1.29 is 0 Å². The summed E-state index contributed by atoms with van der Waals surface area (Å²) in [6, 6.07) is 0. The summed E-state index contributed by atoms with van der Waals surface area (Å²) in [5.41, 5.74) is 2.70. The van der Waals surface area contributed by atoms with Crippen molar-refractivity contribution in [2.75, 3.05) is 0 Å². The SMILES string of the molecule is CC1(C)CCC(C)(C)C2CC3C(CC21)C1CC2C(CC1C3C(C)(C)C1CCCC1)C(C)(C)CCC2(C)C. The lowest BCUT2D eigenvalue weighted by atomic mass is 9.46. The van der Waals surface area contributed by atoms with Crippen molar-refractivity contribution >= 4 is 0 Å². The van der Waals surface area contributed by atoms with E-state index < -0.39 is 0 Å². The van der Waals surface area contributed by atoms with Gasteiger partial charge in [0.1, 0.15) is 0 Å². The lowest BCUT2D eigenvalue weighted by molar-refractivity contribution is -0.0969. The van der Waals surface area contributed by atoms with Crippen molar-refractivity contribution in [3.05, 3.63) is 0 Å². The maximum absolute atomic E-state index is 2.79. The fraction of sp³-hybridized carbons (Fsp3) is 1.00. The summed E-state index contributed by atoms with van der Waals surface area (Å²) in [5, 5.41) is 0. The van der Waals surface area contributed by atoms with Crippen LogP contribution in [0.2, 0.25) is 0 Å². The molecule has 212 valence electrons. The van der Waals surface area contributed by atoms with Gasteiger partial charge in [0.05, 0.1) is 0 Å². The molecule has 0 bridgehead atoms. The lowest BCUT2D eigenvalue weighted by Crippen LogP contribution is -2.51. The van der Waals surface area contributed by atoms with Gasteiger partial charge in [-0.15, -0.1) is 0 Å². The summed E-state index contributed by atoms with van der Waals surface area (Å²) in [6.45, 7) is 26.9. The van der Waals surface area contributed by atoms with E-state index in [9.17, 15) is 0 Å². The van der Waals surface area contributed by atoms with Crippen LogP contribution in [-0.2, 0) is 0 Å². The van der Waals surface area contributed by atoms with Crippen molar-refractivity contribution in [3.63, 3.8) is 0 Å². The molecule has 0 aromatic carbocycles. The minimum atomic E-state index is 0.529. The van der Waals surface area contributed by atoms with Gasteiger partial charge in [-0.1, -0.05) is 82.1 Å². The maximum atomic E-state index is 2.79. The third-order valence-electron chi connectivity index (χ3n) is 15.8. The molecule has 0 aromatic heterocycles. The summed E-state index contributed by atoms with van der Waals surface area (Å²) in [6.07, 6.45) is 18.1. The highest BCUT2D eigenvalue weighted by Crippen LogP contribution is 2.73. The van der Waals surface area contributed by atoms with Gasteiger partial charge in [0.25, 0.3) is 0 Å². The highest BCUT2D eigenvalue weighted by atomic mass is 14.7. The topological polar surface area (TPSA) is 0 Å².